The number of esters is 1. The van der Waals surface area contributed by atoms with Crippen molar-refractivity contribution in [3.8, 4) is 6.07 Å². The van der Waals surface area contributed by atoms with Crippen molar-refractivity contribution in [3.63, 3.8) is 0 Å². The average molecular weight is 286 g/mol. The molecule has 0 atom stereocenters. The maximum atomic E-state index is 13.0. The van der Waals surface area contributed by atoms with Gasteiger partial charge in [0.1, 0.15) is 0 Å². The molecule has 1 aromatic carbocycles. The van der Waals surface area contributed by atoms with Gasteiger partial charge in [-0.25, -0.2) is 0 Å². The minimum absolute atomic E-state index is 0.0276. The van der Waals surface area contributed by atoms with Crippen molar-refractivity contribution in [1.29, 1.82) is 5.26 Å². The molecule has 20 heavy (non-hydrogen) atoms. The minimum atomic E-state index is -4.63. The highest BCUT2D eigenvalue weighted by Gasteiger charge is 2.34. The van der Waals surface area contributed by atoms with Crippen LogP contribution >= 0.6 is 0 Å². The third kappa shape index (κ3) is 3.71. The topological polar surface area (TPSA) is 76.1 Å². The molecule has 4 nitrogen and oxygen atoms in total. The SMILES string of the molecule is CCOC(=O)Cc1cc(C#N)c(CN)cc1C(F)(F)F. The van der Waals surface area contributed by atoms with Gasteiger partial charge in [0.15, 0.2) is 0 Å². The van der Waals surface area contributed by atoms with Gasteiger partial charge in [-0.15, -0.1) is 0 Å². The number of benzene rings is 1. The summed E-state index contributed by atoms with van der Waals surface area (Å²) in [5.41, 5.74) is 4.19. The van der Waals surface area contributed by atoms with E-state index in [-0.39, 0.29) is 29.8 Å². The fourth-order valence-electron chi connectivity index (χ4n) is 1.74. The van der Waals surface area contributed by atoms with Crippen molar-refractivity contribution >= 4 is 5.97 Å². The highest BCUT2D eigenvalue weighted by Crippen LogP contribution is 2.34. The van der Waals surface area contributed by atoms with E-state index in [0.29, 0.717) is 0 Å². The summed E-state index contributed by atoms with van der Waals surface area (Å²) in [6, 6.07) is 3.63. The molecule has 0 aliphatic carbocycles. The molecule has 0 unspecified atom stereocenters. The second kappa shape index (κ2) is 6.39. The van der Waals surface area contributed by atoms with E-state index in [2.05, 4.69) is 4.74 Å². The van der Waals surface area contributed by atoms with E-state index in [9.17, 15) is 18.0 Å². The van der Waals surface area contributed by atoms with E-state index < -0.39 is 24.1 Å². The Morgan fingerprint density at radius 1 is 1.40 bits per heavy atom. The van der Waals surface area contributed by atoms with Crippen LogP contribution in [0.15, 0.2) is 12.1 Å². The molecule has 0 aliphatic rings. The Kier molecular flexibility index (Phi) is 5.11. The summed E-state index contributed by atoms with van der Waals surface area (Å²) in [6.07, 6.45) is -5.16. The van der Waals surface area contributed by atoms with E-state index in [0.717, 1.165) is 12.1 Å². The Hall–Kier alpha value is -2.07. The second-order valence-electron chi connectivity index (χ2n) is 3.96. The molecule has 0 spiro atoms. The zero-order valence-corrected chi connectivity index (χ0v) is 10.8. The van der Waals surface area contributed by atoms with Crippen LogP contribution in [0.3, 0.4) is 0 Å². The van der Waals surface area contributed by atoms with Gasteiger partial charge < -0.3 is 10.5 Å². The number of nitrogens with two attached hydrogens (primary N) is 1. The van der Waals surface area contributed by atoms with Crippen LogP contribution in [0.25, 0.3) is 0 Å². The monoisotopic (exact) mass is 286 g/mol. The summed E-state index contributed by atoms with van der Waals surface area (Å²) in [5, 5.41) is 8.90. The number of hydrogen-bond acceptors (Lipinski definition) is 4. The van der Waals surface area contributed by atoms with Crippen LogP contribution in [0.5, 0.6) is 0 Å². The molecular formula is C13H13F3N2O2. The largest absolute Gasteiger partial charge is 0.466 e. The van der Waals surface area contributed by atoms with Gasteiger partial charge in [0, 0.05) is 6.54 Å². The van der Waals surface area contributed by atoms with E-state index in [1.165, 1.54) is 0 Å². The summed E-state index contributed by atoms with van der Waals surface area (Å²) in [4.78, 5) is 11.3. The van der Waals surface area contributed by atoms with Crippen LogP contribution in [0.4, 0.5) is 13.2 Å². The van der Waals surface area contributed by atoms with Crippen LogP contribution in [0.2, 0.25) is 0 Å². The van der Waals surface area contributed by atoms with Crippen molar-refractivity contribution in [2.75, 3.05) is 6.61 Å². The molecule has 0 fully saturated rings. The Balaban J connectivity index is 3.32. The Labute approximate surface area is 113 Å². The van der Waals surface area contributed by atoms with Crippen LogP contribution in [0.1, 0.15) is 29.2 Å². The molecule has 7 heteroatoms. The van der Waals surface area contributed by atoms with Crippen LogP contribution in [0, 0.1) is 11.3 Å². The zero-order chi connectivity index (χ0) is 15.3. The van der Waals surface area contributed by atoms with Crippen molar-refractivity contribution in [2.45, 2.75) is 26.1 Å². The van der Waals surface area contributed by atoms with Gasteiger partial charge in [0.2, 0.25) is 0 Å². The quantitative estimate of drug-likeness (QED) is 0.860. The highest BCUT2D eigenvalue weighted by molar-refractivity contribution is 5.73. The smallest absolute Gasteiger partial charge is 0.416 e. The Bertz CT molecular complexity index is 548. The van der Waals surface area contributed by atoms with Crippen molar-refractivity contribution < 1.29 is 22.7 Å². The van der Waals surface area contributed by atoms with Gasteiger partial charge in [-0.05, 0) is 30.2 Å². The number of ether oxygens (including phenoxy) is 1. The number of rotatable bonds is 4. The molecule has 0 saturated heterocycles. The maximum Gasteiger partial charge on any atom is 0.416 e. The molecule has 108 valence electrons. The summed E-state index contributed by atoms with van der Waals surface area (Å²) < 4.78 is 43.5. The number of nitrogens with zero attached hydrogens (tertiary/aromatic N) is 1. The van der Waals surface area contributed by atoms with Gasteiger partial charge >= 0.3 is 12.1 Å². The average Bonchev–Trinajstić information content (AvgIpc) is 2.37. The third-order valence-electron chi connectivity index (χ3n) is 2.61. The van der Waals surface area contributed by atoms with Gasteiger partial charge in [0.05, 0.1) is 30.2 Å². The normalized spacial score (nSPS) is 11.0. The first kappa shape index (κ1) is 16.0. The molecular weight excluding hydrogens is 273 g/mol. The lowest BCUT2D eigenvalue weighted by Crippen LogP contribution is -2.16. The number of nitriles is 1. The molecule has 0 amide bonds. The first-order valence-corrected chi connectivity index (χ1v) is 5.82. The van der Waals surface area contributed by atoms with Crippen molar-refractivity contribution in [1.82, 2.24) is 0 Å². The number of carbonyl (C=O) groups excluding carboxylic acids is 1. The van der Waals surface area contributed by atoms with Gasteiger partial charge in [-0.3, -0.25) is 4.79 Å². The molecule has 0 aromatic heterocycles. The Morgan fingerprint density at radius 3 is 2.50 bits per heavy atom. The van der Waals surface area contributed by atoms with E-state index in [4.69, 9.17) is 11.0 Å². The lowest BCUT2D eigenvalue weighted by atomic mass is 9.96. The number of halogens is 3. The predicted octanol–water partition coefficient (Wildman–Crippen LogP) is 2.14. The van der Waals surface area contributed by atoms with Crippen LogP contribution in [-0.2, 0) is 28.7 Å². The van der Waals surface area contributed by atoms with Gasteiger partial charge in [-0.2, -0.15) is 18.4 Å². The second-order valence-corrected chi connectivity index (χ2v) is 3.96. The summed E-state index contributed by atoms with van der Waals surface area (Å²) in [7, 11) is 0. The number of carbonyl (C=O) groups is 1. The lowest BCUT2D eigenvalue weighted by molar-refractivity contribution is -0.143. The molecule has 0 heterocycles. The summed E-state index contributed by atoms with van der Waals surface area (Å²) in [5.74, 6) is -0.776. The van der Waals surface area contributed by atoms with Crippen molar-refractivity contribution in [3.05, 3.63) is 34.4 Å². The lowest BCUT2D eigenvalue weighted by Gasteiger charge is -2.15. The highest BCUT2D eigenvalue weighted by atomic mass is 19.4. The molecule has 0 radical (unpaired) electrons. The number of alkyl halides is 3. The van der Waals surface area contributed by atoms with Crippen molar-refractivity contribution in [2.24, 2.45) is 5.73 Å². The first-order valence-electron chi connectivity index (χ1n) is 5.82. The maximum absolute atomic E-state index is 13.0. The molecule has 1 aromatic rings. The van der Waals surface area contributed by atoms with E-state index in [1.54, 1.807) is 13.0 Å². The summed E-state index contributed by atoms with van der Waals surface area (Å²) in [6.45, 7) is 1.44. The van der Waals surface area contributed by atoms with Gasteiger partial charge in [-0.1, -0.05) is 0 Å². The molecule has 2 N–H and O–H groups in total. The first-order chi connectivity index (χ1) is 9.33. The Morgan fingerprint density at radius 2 is 2.05 bits per heavy atom. The summed E-state index contributed by atoms with van der Waals surface area (Å²) >= 11 is 0. The predicted molar refractivity (Wildman–Crippen MR) is 64.4 cm³/mol. The van der Waals surface area contributed by atoms with E-state index in [1.807, 2.05) is 0 Å². The standard InChI is InChI=1S/C13H13F3N2O2/c1-2-20-12(19)5-8-3-9(6-17)10(7-18)4-11(8)13(14,15)16/h3-4H,2,5,7,18H2,1H3. The molecule has 0 aliphatic heterocycles. The minimum Gasteiger partial charge on any atom is -0.466 e. The van der Waals surface area contributed by atoms with Crippen LogP contribution in [-0.4, -0.2) is 12.6 Å². The third-order valence-corrected chi connectivity index (χ3v) is 2.61. The molecule has 0 saturated carbocycles. The fraction of sp³-hybridized carbons (Fsp3) is 0.385. The van der Waals surface area contributed by atoms with E-state index >= 15 is 0 Å². The fourth-order valence-corrected chi connectivity index (χ4v) is 1.74. The zero-order valence-electron chi connectivity index (χ0n) is 10.8. The van der Waals surface area contributed by atoms with Gasteiger partial charge in [0.25, 0.3) is 0 Å². The molecule has 0 bridgehead atoms. The number of hydrogen-bond donors (Lipinski definition) is 1. The molecule has 1 rings (SSSR count). The van der Waals surface area contributed by atoms with Crippen LogP contribution < -0.4 is 5.73 Å².